The molecule has 132 valence electrons. The van der Waals surface area contributed by atoms with Crippen LogP contribution in [0, 0.1) is 0 Å². The molecule has 0 unspecified atom stereocenters. The number of nitrogens with two attached hydrogens (primary N) is 1. The molecular formula is C11H6F11N. The van der Waals surface area contributed by atoms with E-state index in [1.807, 2.05) is 0 Å². The molecule has 0 amide bonds. The summed E-state index contributed by atoms with van der Waals surface area (Å²) >= 11 is 0. The van der Waals surface area contributed by atoms with E-state index in [9.17, 15) is 48.3 Å². The van der Waals surface area contributed by atoms with Gasteiger partial charge in [0.1, 0.15) is 6.04 Å². The molecule has 0 aliphatic rings. The van der Waals surface area contributed by atoms with Gasteiger partial charge in [-0.3, -0.25) is 0 Å². The zero-order chi connectivity index (χ0) is 18.4. The molecule has 0 heterocycles. The van der Waals surface area contributed by atoms with E-state index in [0.717, 1.165) is 0 Å². The molecule has 2 N–H and O–H groups in total. The van der Waals surface area contributed by atoms with Gasteiger partial charge in [-0.25, -0.2) is 0 Å². The van der Waals surface area contributed by atoms with Crippen LogP contribution in [0.1, 0.15) is 22.7 Å². The smallest absolute Gasteiger partial charge is 0.319 e. The quantitative estimate of drug-likeness (QED) is 0.744. The molecule has 1 nitrogen and oxygen atoms in total. The Labute approximate surface area is 120 Å². The summed E-state index contributed by atoms with van der Waals surface area (Å²) in [5, 5.41) is 0. The van der Waals surface area contributed by atoms with E-state index in [4.69, 9.17) is 0 Å². The summed E-state index contributed by atoms with van der Waals surface area (Å²) in [6, 6.07) is -4.30. The van der Waals surface area contributed by atoms with Gasteiger partial charge < -0.3 is 5.73 Å². The second-order valence-electron chi connectivity index (χ2n) is 4.40. The van der Waals surface area contributed by atoms with Gasteiger partial charge in [-0.1, -0.05) is 6.07 Å². The molecule has 1 atom stereocenters. The summed E-state index contributed by atoms with van der Waals surface area (Å²) in [7, 11) is 0. The third-order valence-electron chi connectivity index (χ3n) is 2.79. The van der Waals surface area contributed by atoms with Gasteiger partial charge in [-0.2, -0.15) is 48.3 Å². The van der Waals surface area contributed by atoms with Crippen LogP contribution < -0.4 is 5.73 Å². The second kappa shape index (κ2) is 5.49. The molecule has 0 saturated carbocycles. The van der Waals surface area contributed by atoms with Crippen molar-refractivity contribution in [2.75, 3.05) is 0 Å². The monoisotopic (exact) mass is 361 g/mol. The lowest BCUT2D eigenvalue weighted by molar-refractivity contribution is -0.291. The van der Waals surface area contributed by atoms with Crippen molar-refractivity contribution in [1.29, 1.82) is 0 Å². The SMILES string of the molecule is N[C@@H](c1ccc(C(F)(F)F)cc1C(F)(F)F)C(F)(F)C(F)(F)F. The second-order valence-corrected chi connectivity index (χ2v) is 4.40. The van der Waals surface area contributed by atoms with Crippen molar-refractivity contribution in [3.8, 4) is 0 Å². The van der Waals surface area contributed by atoms with Gasteiger partial charge in [-0.05, 0) is 17.7 Å². The fourth-order valence-corrected chi connectivity index (χ4v) is 1.62. The van der Waals surface area contributed by atoms with Crippen LogP contribution in [0.2, 0.25) is 0 Å². The highest BCUT2D eigenvalue weighted by atomic mass is 19.4. The fraction of sp³-hybridized carbons (Fsp3) is 0.455. The van der Waals surface area contributed by atoms with Crippen molar-refractivity contribution in [3.05, 3.63) is 34.9 Å². The number of halogens is 11. The molecule has 0 radical (unpaired) electrons. The van der Waals surface area contributed by atoms with Crippen LogP contribution in [0.3, 0.4) is 0 Å². The predicted octanol–water partition coefficient (Wildman–Crippen LogP) is 4.92. The van der Waals surface area contributed by atoms with Gasteiger partial charge in [0.25, 0.3) is 0 Å². The van der Waals surface area contributed by atoms with Crippen LogP contribution in [0.25, 0.3) is 0 Å². The highest BCUT2D eigenvalue weighted by molar-refractivity contribution is 5.38. The van der Waals surface area contributed by atoms with Crippen molar-refractivity contribution >= 4 is 0 Å². The van der Waals surface area contributed by atoms with Crippen LogP contribution in [0.4, 0.5) is 48.3 Å². The van der Waals surface area contributed by atoms with Gasteiger partial charge in [0, 0.05) is 0 Å². The standard InChI is InChI=1S/C11H6F11N/c12-8(13,11(20,21)22)7(23)5-2-1-4(9(14,15)16)3-6(5)10(17,18)19/h1-3,7H,23H2/t7-/m0/s1. The van der Waals surface area contributed by atoms with E-state index in [0.29, 0.717) is 0 Å². The first-order valence-electron chi connectivity index (χ1n) is 5.48. The molecule has 1 aromatic carbocycles. The molecular weight excluding hydrogens is 355 g/mol. The van der Waals surface area contributed by atoms with Gasteiger partial charge in [0.05, 0.1) is 11.1 Å². The van der Waals surface area contributed by atoms with Crippen molar-refractivity contribution in [1.82, 2.24) is 0 Å². The summed E-state index contributed by atoms with van der Waals surface area (Å²) < 4.78 is 138. The van der Waals surface area contributed by atoms with Crippen LogP contribution in [-0.2, 0) is 12.4 Å². The van der Waals surface area contributed by atoms with Crippen LogP contribution >= 0.6 is 0 Å². The molecule has 12 heteroatoms. The Morgan fingerprint density at radius 1 is 0.739 bits per heavy atom. The average molecular weight is 361 g/mol. The van der Waals surface area contributed by atoms with E-state index in [1.54, 1.807) is 0 Å². The Kier molecular flexibility index (Phi) is 4.65. The minimum Gasteiger partial charge on any atom is -0.319 e. The van der Waals surface area contributed by atoms with E-state index in [-0.39, 0.29) is 12.1 Å². The minimum atomic E-state index is -6.28. The van der Waals surface area contributed by atoms with E-state index in [2.05, 4.69) is 5.73 Å². The zero-order valence-electron chi connectivity index (χ0n) is 10.5. The Balaban J connectivity index is 3.54. The molecule has 1 rings (SSSR count). The normalized spacial score (nSPS) is 15.7. The first kappa shape index (κ1) is 19.5. The van der Waals surface area contributed by atoms with Crippen molar-refractivity contribution in [2.24, 2.45) is 5.73 Å². The number of hydrogen-bond acceptors (Lipinski definition) is 1. The molecule has 0 aliphatic heterocycles. The Bertz CT molecular complexity index is 567. The summed E-state index contributed by atoms with van der Waals surface area (Å²) in [6.07, 6.45) is -17.1. The van der Waals surface area contributed by atoms with Crippen molar-refractivity contribution in [3.63, 3.8) is 0 Å². The topological polar surface area (TPSA) is 26.0 Å². The Hall–Kier alpha value is -1.59. The van der Waals surface area contributed by atoms with E-state index >= 15 is 0 Å². The lowest BCUT2D eigenvalue weighted by atomic mass is 9.93. The third-order valence-corrected chi connectivity index (χ3v) is 2.79. The van der Waals surface area contributed by atoms with Crippen LogP contribution in [0.15, 0.2) is 18.2 Å². The maximum Gasteiger partial charge on any atom is 0.455 e. The van der Waals surface area contributed by atoms with Crippen molar-refractivity contribution < 1.29 is 48.3 Å². The highest BCUT2D eigenvalue weighted by Gasteiger charge is 2.62. The summed E-state index contributed by atoms with van der Waals surface area (Å²) in [5.74, 6) is -5.77. The van der Waals surface area contributed by atoms with Gasteiger partial charge in [0.15, 0.2) is 0 Å². The maximum absolute atomic E-state index is 13.1. The molecule has 0 bridgehead atoms. The summed E-state index contributed by atoms with van der Waals surface area (Å²) in [6.45, 7) is 0. The Morgan fingerprint density at radius 3 is 1.57 bits per heavy atom. The lowest BCUT2D eigenvalue weighted by Crippen LogP contribution is -2.46. The minimum absolute atomic E-state index is 0.0586. The molecule has 0 aromatic heterocycles. The number of rotatable bonds is 2. The number of alkyl halides is 11. The van der Waals surface area contributed by atoms with Crippen LogP contribution in [0.5, 0.6) is 0 Å². The molecule has 23 heavy (non-hydrogen) atoms. The van der Waals surface area contributed by atoms with E-state index < -0.39 is 53.2 Å². The average Bonchev–Trinajstić information content (AvgIpc) is 2.33. The molecule has 1 aromatic rings. The fourth-order valence-electron chi connectivity index (χ4n) is 1.62. The maximum atomic E-state index is 13.1. The van der Waals surface area contributed by atoms with Gasteiger partial charge in [0.2, 0.25) is 0 Å². The first-order valence-corrected chi connectivity index (χ1v) is 5.48. The largest absolute Gasteiger partial charge is 0.455 e. The van der Waals surface area contributed by atoms with Crippen LogP contribution in [-0.4, -0.2) is 12.1 Å². The summed E-state index contributed by atoms with van der Waals surface area (Å²) in [5.41, 5.74) is -1.41. The number of benzene rings is 1. The summed E-state index contributed by atoms with van der Waals surface area (Å²) in [4.78, 5) is 0. The third kappa shape index (κ3) is 3.85. The van der Waals surface area contributed by atoms with Crippen molar-refractivity contribution in [2.45, 2.75) is 30.5 Å². The van der Waals surface area contributed by atoms with E-state index in [1.165, 1.54) is 0 Å². The Morgan fingerprint density at radius 2 is 1.22 bits per heavy atom. The molecule has 0 fully saturated rings. The zero-order valence-corrected chi connectivity index (χ0v) is 10.5. The lowest BCUT2D eigenvalue weighted by Gasteiger charge is -2.28. The first-order chi connectivity index (χ1) is 9.99. The van der Waals surface area contributed by atoms with Gasteiger partial charge >= 0.3 is 24.5 Å². The predicted molar refractivity (Wildman–Crippen MR) is 54.4 cm³/mol. The van der Waals surface area contributed by atoms with Gasteiger partial charge in [-0.15, -0.1) is 0 Å². The molecule has 0 spiro atoms. The molecule has 0 aliphatic carbocycles. The molecule has 0 saturated heterocycles. The highest BCUT2D eigenvalue weighted by Crippen LogP contribution is 2.47. The number of hydrogen-bond donors (Lipinski definition) is 1.